The Morgan fingerprint density at radius 2 is 1.82 bits per heavy atom. The Labute approximate surface area is 200 Å². The summed E-state index contributed by atoms with van der Waals surface area (Å²) in [5.41, 5.74) is 2.70. The molecule has 0 spiro atoms. The van der Waals surface area contributed by atoms with Crippen LogP contribution in [0.5, 0.6) is 0 Å². The molecule has 8 heteroatoms. The topological polar surface area (TPSA) is 75.3 Å². The van der Waals surface area contributed by atoms with Crippen LogP contribution in [0.1, 0.15) is 25.3 Å². The zero-order chi connectivity index (χ0) is 23.2. The minimum absolute atomic E-state index is 0.0930. The third-order valence-corrected chi connectivity index (χ3v) is 7.88. The van der Waals surface area contributed by atoms with Crippen LogP contribution in [0.15, 0.2) is 59.4 Å². The maximum absolute atomic E-state index is 14.0. The highest BCUT2D eigenvalue weighted by atomic mass is 32.1. The number of rotatable bonds is 4. The Morgan fingerprint density at radius 1 is 1.09 bits per heavy atom. The second-order valence-corrected chi connectivity index (χ2v) is 9.95. The lowest BCUT2D eigenvalue weighted by atomic mass is 10.0. The Hall–Kier alpha value is -3.20. The molecule has 2 aliphatic rings. The predicted octanol–water partition coefficient (Wildman–Crippen LogP) is 1.59. The molecule has 1 atom stereocenters. The van der Waals surface area contributed by atoms with Gasteiger partial charge in [0.1, 0.15) is 6.23 Å². The van der Waals surface area contributed by atoms with Gasteiger partial charge in [-0.15, -0.1) is 0 Å². The molecule has 1 unspecified atom stereocenters. The summed E-state index contributed by atoms with van der Waals surface area (Å²) in [6.07, 6.45) is 2.93. The first-order valence-electron chi connectivity index (χ1n) is 11.7. The summed E-state index contributed by atoms with van der Waals surface area (Å²) in [5, 5.41) is 16.6. The molecular weight excluding hydrogens is 446 g/mol. The number of aliphatic hydroxyl groups excluding tert-OH is 1. The number of hydrogen-bond donors (Lipinski definition) is 2. The van der Waals surface area contributed by atoms with E-state index in [0.717, 1.165) is 52.8 Å². The van der Waals surface area contributed by atoms with Crippen molar-refractivity contribution in [1.82, 2.24) is 24.6 Å². The lowest BCUT2D eigenvalue weighted by molar-refractivity contribution is 0.0551. The van der Waals surface area contributed by atoms with Gasteiger partial charge in [-0.05, 0) is 56.6 Å². The second-order valence-electron chi connectivity index (χ2n) is 8.94. The summed E-state index contributed by atoms with van der Waals surface area (Å²) in [4.78, 5) is 20.8. The van der Waals surface area contributed by atoms with E-state index in [1.807, 2.05) is 65.0 Å². The first kappa shape index (κ1) is 21.3. The number of aliphatic hydroxyl groups is 1. The van der Waals surface area contributed by atoms with Crippen LogP contribution in [0.3, 0.4) is 0 Å². The van der Waals surface area contributed by atoms with Gasteiger partial charge in [-0.3, -0.25) is 9.48 Å². The van der Waals surface area contributed by atoms with Crippen molar-refractivity contribution in [3.63, 3.8) is 0 Å². The summed E-state index contributed by atoms with van der Waals surface area (Å²) in [6.45, 7) is 4.30. The lowest BCUT2D eigenvalue weighted by Crippen LogP contribution is -2.54. The second kappa shape index (κ2) is 8.54. The Kier molecular flexibility index (Phi) is 5.36. The Morgan fingerprint density at radius 3 is 2.59 bits per heavy atom. The van der Waals surface area contributed by atoms with E-state index in [1.165, 1.54) is 11.3 Å². The molecule has 174 valence electrons. The third kappa shape index (κ3) is 3.50. The Bertz CT molecular complexity index is 1500. The molecule has 1 saturated heterocycles. The van der Waals surface area contributed by atoms with Gasteiger partial charge >= 0.3 is 0 Å². The number of nitrogens with zero attached hydrogens (tertiary/aromatic N) is 4. The fraction of sp³-hybridized carbons (Fsp3) is 0.308. The highest BCUT2D eigenvalue weighted by molar-refractivity contribution is 7.20. The number of fused-ring (bicyclic) bond motifs is 2. The largest absolute Gasteiger partial charge is 0.370 e. The summed E-state index contributed by atoms with van der Waals surface area (Å²) in [7, 11) is 0. The highest BCUT2D eigenvalue weighted by Gasteiger charge is 2.31. The fourth-order valence-electron chi connectivity index (χ4n) is 5.25. The molecule has 2 aliphatic heterocycles. The van der Waals surface area contributed by atoms with Crippen LogP contribution in [-0.4, -0.2) is 49.7 Å². The summed E-state index contributed by atoms with van der Waals surface area (Å²) < 4.78 is 4.70. The van der Waals surface area contributed by atoms with E-state index >= 15 is 0 Å². The molecule has 0 radical (unpaired) electrons. The number of benzene rings is 2. The number of hydrogen-bond acceptors (Lipinski definition) is 6. The van der Waals surface area contributed by atoms with E-state index in [0.29, 0.717) is 16.9 Å². The fourth-order valence-corrected chi connectivity index (χ4v) is 6.22. The van der Waals surface area contributed by atoms with Crippen molar-refractivity contribution in [3.05, 3.63) is 81.1 Å². The monoisotopic (exact) mass is 473 g/mol. The zero-order valence-corrected chi connectivity index (χ0v) is 19.8. The smallest absolute Gasteiger partial charge is 0.283 e. The van der Waals surface area contributed by atoms with Gasteiger partial charge in [-0.2, -0.15) is 4.68 Å². The van der Waals surface area contributed by atoms with Gasteiger partial charge in [-0.1, -0.05) is 53.8 Å². The van der Waals surface area contributed by atoms with Crippen LogP contribution in [0, 0.1) is 0 Å². The highest BCUT2D eigenvalue weighted by Crippen LogP contribution is 2.25. The molecule has 1 fully saturated rings. The zero-order valence-electron chi connectivity index (χ0n) is 19.0. The van der Waals surface area contributed by atoms with Crippen molar-refractivity contribution in [3.8, 4) is 5.13 Å². The molecule has 2 aromatic heterocycles. The summed E-state index contributed by atoms with van der Waals surface area (Å²) in [6, 6.07) is 18.2. The summed E-state index contributed by atoms with van der Waals surface area (Å²) in [5.74, 6) is 0. The molecule has 0 saturated carbocycles. The van der Waals surface area contributed by atoms with E-state index in [1.54, 1.807) is 4.68 Å². The maximum Gasteiger partial charge on any atom is 0.283 e. The van der Waals surface area contributed by atoms with Gasteiger partial charge in [0.05, 0.1) is 27.3 Å². The Balaban J connectivity index is 1.60. The molecule has 0 bridgehead atoms. The van der Waals surface area contributed by atoms with Gasteiger partial charge in [0.2, 0.25) is 5.13 Å². The lowest BCUT2D eigenvalue weighted by Gasteiger charge is -2.40. The van der Waals surface area contributed by atoms with Gasteiger partial charge in [0.15, 0.2) is 0 Å². The first-order valence-corrected chi connectivity index (χ1v) is 12.5. The number of para-hydroxylation sites is 1. The quantitative estimate of drug-likeness (QED) is 0.471. The molecule has 2 N–H and O–H groups in total. The standard InChI is InChI=1S/C26H27N5O2S/c1-17-24-21(15-23(32)30(17)19-11-13-27-14-12-19)29(16-18-7-3-2-4-8-18)31(25(24)33)26-28-20-9-5-6-10-22(20)34-26/h2-10,15,19,23,27,32H,11-14,16H2,1H3. The van der Waals surface area contributed by atoms with Gasteiger partial charge < -0.3 is 15.3 Å². The summed E-state index contributed by atoms with van der Waals surface area (Å²) >= 11 is 1.51. The van der Waals surface area contributed by atoms with Crippen LogP contribution in [0.4, 0.5) is 0 Å². The molecule has 6 rings (SSSR count). The van der Waals surface area contributed by atoms with Gasteiger partial charge in [0, 0.05) is 11.7 Å². The normalized spacial score (nSPS) is 18.8. The molecule has 2 aromatic carbocycles. The van der Waals surface area contributed by atoms with Crippen molar-refractivity contribution in [1.29, 1.82) is 0 Å². The maximum atomic E-state index is 14.0. The van der Waals surface area contributed by atoms with E-state index in [2.05, 4.69) is 17.4 Å². The molecule has 0 amide bonds. The first-order chi connectivity index (χ1) is 16.6. The van der Waals surface area contributed by atoms with Crippen molar-refractivity contribution >= 4 is 33.3 Å². The molecule has 34 heavy (non-hydrogen) atoms. The molecular formula is C26H27N5O2S. The van der Waals surface area contributed by atoms with Gasteiger partial charge in [0.25, 0.3) is 5.56 Å². The molecule has 4 aromatic rings. The minimum atomic E-state index is -0.775. The van der Waals surface area contributed by atoms with E-state index in [9.17, 15) is 9.90 Å². The SMILES string of the molecule is CC1=c2c(n(Cc3ccccc3)n(-c3nc4ccccc4s3)c2=O)=CC(O)N1C1CCNCC1. The van der Waals surface area contributed by atoms with Crippen LogP contribution in [0.2, 0.25) is 0 Å². The minimum Gasteiger partial charge on any atom is -0.370 e. The van der Waals surface area contributed by atoms with E-state index in [-0.39, 0.29) is 11.6 Å². The average molecular weight is 474 g/mol. The van der Waals surface area contributed by atoms with Crippen LogP contribution >= 0.6 is 11.3 Å². The number of nitrogens with one attached hydrogen (secondary N) is 1. The number of aromatic nitrogens is 3. The molecule has 4 heterocycles. The van der Waals surface area contributed by atoms with E-state index < -0.39 is 6.23 Å². The molecule has 0 aliphatic carbocycles. The van der Waals surface area contributed by atoms with Crippen molar-refractivity contribution in [2.75, 3.05) is 13.1 Å². The predicted molar refractivity (Wildman–Crippen MR) is 135 cm³/mol. The van der Waals surface area contributed by atoms with Crippen molar-refractivity contribution < 1.29 is 5.11 Å². The third-order valence-electron chi connectivity index (χ3n) is 6.86. The van der Waals surface area contributed by atoms with E-state index in [4.69, 9.17) is 4.98 Å². The van der Waals surface area contributed by atoms with Crippen molar-refractivity contribution in [2.24, 2.45) is 0 Å². The van der Waals surface area contributed by atoms with Crippen molar-refractivity contribution in [2.45, 2.75) is 38.6 Å². The molecule has 7 nitrogen and oxygen atoms in total. The number of thiazole rings is 1. The van der Waals surface area contributed by atoms with Crippen LogP contribution in [0.25, 0.3) is 27.1 Å². The number of piperidine rings is 1. The van der Waals surface area contributed by atoms with Gasteiger partial charge in [-0.25, -0.2) is 4.98 Å². The van der Waals surface area contributed by atoms with Crippen LogP contribution < -0.4 is 21.4 Å². The van der Waals surface area contributed by atoms with Crippen LogP contribution in [-0.2, 0) is 6.54 Å². The average Bonchev–Trinajstić information content (AvgIpc) is 3.39.